The van der Waals surface area contributed by atoms with Crippen molar-refractivity contribution in [2.24, 2.45) is 12.2 Å². The van der Waals surface area contributed by atoms with Crippen LogP contribution in [0.4, 0.5) is 5.69 Å². The van der Waals surface area contributed by atoms with E-state index in [1.165, 1.54) is 15.9 Å². The first-order valence-electron chi connectivity index (χ1n) is 7.45. The summed E-state index contributed by atoms with van der Waals surface area (Å²) in [5, 5.41) is 12.8. The van der Waals surface area contributed by atoms with Crippen LogP contribution in [-0.2, 0) is 23.6 Å². The van der Waals surface area contributed by atoms with E-state index >= 15 is 0 Å². The summed E-state index contributed by atoms with van der Waals surface area (Å²) in [6.45, 7) is 1.35. The Balaban J connectivity index is 1.82. The Kier molecular flexibility index (Phi) is 4.13. The second kappa shape index (κ2) is 5.95. The van der Waals surface area contributed by atoms with Crippen molar-refractivity contribution in [3.8, 4) is 0 Å². The Morgan fingerprint density at radius 2 is 2.09 bits per heavy atom. The molecule has 1 unspecified atom stereocenters. The maximum absolute atomic E-state index is 11.7. The molecule has 0 radical (unpaired) electrons. The molecule has 1 aromatic heterocycles. The summed E-state index contributed by atoms with van der Waals surface area (Å²) in [4.78, 5) is 2.23. The van der Waals surface area contributed by atoms with E-state index in [2.05, 4.69) is 34.5 Å². The van der Waals surface area contributed by atoms with Crippen LogP contribution in [0.25, 0.3) is 0 Å². The SMILES string of the molecule is CN1CCC(NCc2cnn(C)c2S(N)(=O)=O)c2ccccc21. The monoisotopic (exact) mass is 335 g/mol. The third-order valence-corrected chi connectivity index (χ3v) is 5.31. The zero-order chi connectivity index (χ0) is 16.6. The highest BCUT2D eigenvalue weighted by molar-refractivity contribution is 7.89. The van der Waals surface area contributed by atoms with Gasteiger partial charge in [-0.25, -0.2) is 13.6 Å². The number of nitrogens with zero attached hydrogens (tertiary/aromatic N) is 3. The number of anilines is 1. The summed E-state index contributed by atoms with van der Waals surface area (Å²) in [6.07, 6.45) is 2.51. The van der Waals surface area contributed by atoms with Crippen LogP contribution in [0.5, 0.6) is 0 Å². The largest absolute Gasteiger partial charge is 0.374 e. The Hall–Kier alpha value is -1.90. The number of nitrogens with two attached hydrogens (primary N) is 1. The van der Waals surface area contributed by atoms with Crippen LogP contribution in [0.15, 0.2) is 35.5 Å². The Labute approximate surface area is 136 Å². The first kappa shape index (κ1) is 16.0. The average molecular weight is 335 g/mol. The van der Waals surface area contributed by atoms with Gasteiger partial charge in [0.25, 0.3) is 10.0 Å². The zero-order valence-electron chi connectivity index (χ0n) is 13.2. The quantitative estimate of drug-likeness (QED) is 0.859. The number of sulfonamides is 1. The summed E-state index contributed by atoms with van der Waals surface area (Å²) < 4.78 is 24.7. The van der Waals surface area contributed by atoms with E-state index in [0.29, 0.717) is 12.1 Å². The molecule has 1 atom stereocenters. The molecule has 0 bridgehead atoms. The van der Waals surface area contributed by atoms with E-state index < -0.39 is 10.0 Å². The number of benzene rings is 1. The summed E-state index contributed by atoms with van der Waals surface area (Å²) >= 11 is 0. The zero-order valence-corrected chi connectivity index (χ0v) is 14.0. The molecule has 1 aliphatic rings. The van der Waals surface area contributed by atoms with Crippen molar-refractivity contribution >= 4 is 15.7 Å². The predicted molar refractivity (Wildman–Crippen MR) is 88.5 cm³/mol. The Morgan fingerprint density at radius 1 is 1.35 bits per heavy atom. The number of fused-ring (bicyclic) bond motifs is 1. The van der Waals surface area contributed by atoms with Crippen molar-refractivity contribution < 1.29 is 8.42 Å². The molecule has 0 saturated heterocycles. The molecule has 7 nitrogen and oxygen atoms in total. The molecule has 1 aromatic carbocycles. The molecule has 3 N–H and O–H groups in total. The lowest BCUT2D eigenvalue weighted by Gasteiger charge is -2.33. The molecule has 2 aromatic rings. The maximum Gasteiger partial charge on any atom is 0.255 e. The van der Waals surface area contributed by atoms with Gasteiger partial charge in [-0.05, 0) is 18.1 Å². The van der Waals surface area contributed by atoms with Gasteiger partial charge in [-0.15, -0.1) is 0 Å². The molecular weight excluding hydrogens is 314 g/mol. The second-order valence-corrected chi connectivity index (χ2v) is 7.32. The van der Waals surface area contributed by atoms with Crippen LogP contribution in [0.1, 0.15) is 23.6 Å². The number of hydrogen-bond acceptors (Lipinski definition) is 5. The first-order valence-corrected chi connectivity index (χ1v) is 8.99. The molecule has 8 heteroatoms. The van der Waals surface area contributed by atoms with Gasteiger partial charge in [-0.3, -0.25) is 4.68 Å². The fourth-order valence-corrected chi connectivity index (χ4v) is 4.04. The number of para-hydroxylation sites is 1. The molecule has 0 fully saturated rings. The van der Waals surface area contributed by atoms with Crippen molar-refractivity contribution in [2.45, 2.75) is 24.0 Å². The number of nitrogens with one attached hydrogen (secondary N) is 1. The number of aromatic nitrogens is 2. The van der Waals surface area contributed by atoms with Crippen LogP contribution in [0.2, 0.25) is 0 Å². The molecule has 0 aliphatic carbocycles. The topological polar surface area (TPSA) is 93.2 Å². The van der Waals surface area contributed by atoms with Gasteiger partial charge in [-0.2, -0.15) is 5.10 Å². The predicted octanol–water partition coefficient (Wildman–Crippen LogP) is 0.738. The van der Waals surface area contributed by atoms with Crippen molar-refractivity contribution in [1.82, 2.24) is 15.1 Å². The maximum atomic E-state index is 11.7. The highest BCUT2D eigenvalue weighted by Gasteiger charge is 2.24. The minimum absolute atomic E-state index is 0.0613. The van der Waals surface area contributed by atoms with E-state index in [1.807, 2.05) is 12.1 Å². The second-order valence-electron chi connectivity index (χ2n) is 5.85. The van der Waals surface area contributed by atoms with Gasteiger partial charge in [0.15, 0.2) is 5.03 Å². The third kappa shape index (κ3) is 3.10. The molecule has 1 aliphatic heterocycles. The van der Waals surface area contributed by atoms with Gasteiger partial charge in [-0.1, -0.05) is 18.2 Å². The molecule has 3 rings (SSSR count). The van der Waals surface area contributed by atoms with Gasteiger partial charge >= 0.3 is 0 Å². The van der Waals surface area contributed by atoms with Crippen molar-refractivity contribution in [1.29, 1.82) is 0 Å². The fourth-order valence-electron chi connectivity index (χ4n) is 3.13. The molecule has 0 amide bonds. The average Bonchev–Trinajstić information content (AvgIpc) is 2.88. The molecule has 0 saturated carbocycles. The summed E-state index contributed by atoms with van der Waals surface area (Å²) in [7, 11) is -0.135. The van der Waals surface area contributed by atoms with Crippen LogP contribution in [0.3, 0.4) is 0 Å². The van der Waals surface area contributed by atoms with Crippen molar-refractivity contribution in [3.05, 3.63) is 41.6 Å². The Morgan fingerprint density at radius 3 is 2.83 bits per heavy atom. The van der Waals surface area contributed by atoms with Gasteiger partial charge in [0.2, 0.25) is 0 Å². The molecule has 124 valence electrons. The lowest BCUT2D eigenvalue weighted by Crippen LogP contribution is -2.33. The highest BCUT2D eigenvalue weighted by Crippen LogP contribution is 2.32. The minimum Gasteiger partial charge on any atom is -0.374 e. The van der Waals surface area contributed by atoms with Crippen LogP contribution in [-0.4, -0.2) is 31.8 Å². The van der Waals surface area contributed by atoms with Gasteiger partial charge < -0.3 is 10.2 Å². The highest BCUT2D eigenvalue weighted by atomic mass is 32.2. The fraction of sp³-hybridized carbons (Fsp3) is 0.400. The lowest BCUT2D eigenvalue weighted by molar-refractivity contribution is 0.480. The van der Waals surface area contributed by atoms with Gasteiger partial charge in [0.05, 0.1) is 6.20 Å². The smallest absolute Gasteiger partial charge is 0.255 e. The van der Waals surface area contributed by atoms with E-state index in [4.69, 9.17) is 5.14 Å². The number of rotatable bonds is 4. The van der Waals surface area contributed by atoms with Crippen LogP contribution >= 0.6 is 0 Å². The lowest BCUT2D eigenvalue weighted by atomic mass is 9.96. The van der Waals surface area contributed by atoms with Crippen LogP contribution < -0.4 is 15.4 Å². The van der Waals surface area contributed by atoms with Crippen molar-refractivity contribution in [2.75, 3.05) is 18.5 Å². The number of primary sulfonamides is 1. The van der Waals surface area contributed by atoms with Crippen LogP contribution in [0, 0.1) is 0 Å². The molecule has 0 spiro atoms. The number of hydrogen-bond donors (Lipinski definition) is 2. The van der Waals surface area contributed by atoms with Gasteiger partial charge in [0, 0.05) is 44.5 Å². The minimum atomic E-state index is -3.79. The molecular formula is C15H21N5O2S. The number of aryl methyl sites for hydroxylation is 1. The molecule has 2 heterocycles. The first-order chi connectivity index (χ1) is 10.9. The normalized spacial score (nSPS) is 18.0. The van der Waals surface area contributed by atoms with Gasteiger partial charge in [0.1, 0.15) is 0 Å². The van der Waals surface area contributed by atoms with Crippen molar-refractivity contribution in [3.63, 3.8) is 0 Å². The van der Waals surface area contributed by atoms with E-state index in [-0.39, 0.29) is 11.1 Å². The molecule has 23 heavy (non-hydrogen) atoms. The Bertz CT molecular complexity index is 815. The van der Waals surface area contributed by atoms with E-state index in [1.54, 1.807) is 13.2 Å². The summed E-state index contributed by atoms with van der Waals surface area (Å²) in [5.74, 6) is 0. The third-order valence-electron chi connectivity index (χ3n) is 4.24. The van der Waals surface area contributed by atoms with E-state index in [9.17, 15) is 8.42 Å². The standard InChI is InChI=1S/C15H21N5O2S/c1-19-8-7-13(12-5-3-4-6-14(12)19)17-9-11-10-18-20(2)15(11)23(16,21)22/h3-6,10,13,17H,7-9H2,1-2H3,(H2,16,21,22). The summed E-state index contributed by atoms with van der Waals surface area (Å²) in [5.41, 5.74) is 3.02. The van der Waals surface area contributed by atoms with E-state index in [0.717, 1.165) is 13.0 Å². The summed E-state index contributed by atoms with van der Waals surface area (Å²) in [6, 6.07) is 8.43.